The first kappa shape index (κ1) is 16.7. The zero-order valence-electron chi connectivity index (χ0n) is 5.71. The lowest BCUT2D eigenvalue weighted by atomic mass is 10.2. The van der Waals surface area contributed by atoms with Crippen LogP contribution in [0.1, 0.15) is 6.42 Å². The first-order chi connectivity index (χ1) is 4.04. The maximum atomic E-state index is 10.0. The van der Waals surface area contributed by atoms with Crippen LogP contribution in [0, 0.1) is 0 Å². The molecule has 1 atom stereocenters. The Labute approximate surface area is 73.6 Å². The number of carbonyl (C=O) groups is 2. The van der Waals surface area contributed by atoms with Crippen molar-refractivity contribution in [1.29, 1.82) is 0 Å². The Morgan fingerprint density at radius 2 is 1.91 bits per heavy atom. The van der Waals surface area contributed by atoms with Gasteiger partial charge in [-0.15, -0.1) is 0 Å². The van der Waals surface area contributed by atoms with Crippen molar-refractivity contribution in [1.82, 2.24) is 0 Å². The minimum absolute atomic E-state index is 0. The lowest BCUT2D eigenvalue weighted by Crippen LogP contribution is -3.00. The average molecular weight is 231 g/mol. The summed E-state index contributed by atoms with van der Waals surface area (Å²) in [5.74, 6) is -1.74. The number of hydrogen-bond donors (Lipinski definition) is 3. The molecule has 6 nitrogen and oxygen atoms in total. The number of primary amides is 1. The molecule has 0 aromatic heterocycles. The molecule has 68 valence electrons. The van der Waals surface area contributed by atoms with Gasteiger partial charge in [0, 0.05) is 0 Å². The van der Waals surface area contributed by atoms with Crippen LogP contribution in [0.25, 0.3) is 0 Å². The van der Waals surface area contributed by atoms with Gasteiger partial charge in [0.25, 0.3) is 0 Å². The zero-order chi connectivity index (χ0) is 7.44. The van der Waals surface area contributed by atoms with Gasteiger partial charge in [-0.25, -0.2) is 4.79 Å². The van der Waals surface area contributed by atoms with E-state index in [2.05, 4.69) is 11.5 Å². The zero-order valence-corrected chi connectivity index (χ0v) is 7.30. The van der Waals surface area contributed by atoms with E-state index in [1.54, 1.807) is 0 Å². The molecule has 0 unspecified atom stereocenters. The molecule has 0 aliphatic carbocycles. The fraction of sp³-hybridized carbons (Fsp3) is 0.500. The summed E-state index contributed by atoms with van der Waals surface area (Å²) < 4.78 is 0. The molecule has 0 saturated heterocycles. The first-order valence-electron chi connectivity index (χ1n) is 2.38. The third kappa shape index (κ3) is 9.34. The summed E-state index contributed by atoms with van der Waals surface area (Å²) in [5, 5.41) is 8.16. The molecular formula is C4H11BrN2O4. The van der Waals surface area contributed by atoms with E-state index in [0.29, 0.717) is 0 Å². The standard InChI is InChI=1S/C4H8N2O3.BrH.H2O/c5-2(4(8)9)1-3(6)7;;/h2H,1,5H2,(H2,6,7)(H,8,9);1H;1H2/t2-;;/m0../s1. The Balaban J connectivity index is -0.000000320. The van der Waals surface area contributed by atoms with Gasteiger partial charge in [-0.3, -0.25) is 4.79 Å². The van der Waals surface area contributed by atoms with E-state index < -0.39 is 17.9 Å². The van der Waals surface area contributed by atoms with Crippen LogP contribution >= 0.6 is 0 Å². The number of rotatable bonds is 3. The highest BCUT2D eigenvalue weighted by molar-refractivity contribution is 5.81. The monoisotopic (exact) mass is 230 g/mol. The summed E-state index contributed by atoms with van der Waals surface area (Å²) in [4.78, 5) is 20.0. The van der Waals surface area contributed by atoms with Crippen LogP contribution in [-0.4, -0.2) is 28.5 Å². The maximum absolute atomic E-state index is 10.0. The summed E-state index contributed by atoms with van der Waals surface area (Å²) in [5.41, 5.74) is 7.87. The van der Waals surface area contributed by atoms with Crippen molar-refractivity contribution >= 4 is 11.9 Å². The molecule has 7 heteroatoms. The van der Waals surface area contributed by atoms with Gasteiger partial charge in [0.15, 0.2) is 6.04 Å². The van der Waals surface area contributed by atoms with Crippen molar-refractivity contribution in [3.05, 3.63) is 0 Å². The molecule has 8 N–H and O–H groups in total. The predicted molar refractivity (Wildman–Crippen MR) is 31.7 cm³/mol. The highest BCUT2D eigenvalue weighted by Gasteiger charge is 2.17. The number of quaternary nitrogens is 1. The van der Waals surface area contributed by atoms with Gasteiger partial charge < -0.3 is 39.0 Å². The predicted octanol–water partition coefficient (Wildman–Crippen LogP) is -6.26. The summed E-state index contributed by atoms with van der Waals surface area (Å²) in [6.07, 6.45) is -0.199. The molecule has 0 spiro atoms. The van der Waals surface area contributed by atoms with E-state index in [1.807, 2.05) is 0 Å². The average Bonchev–Trinajstić information content (AvgIpc) is 1.63. The Bertz CT molecular complexity index is 140. The van der Waals surface area contributed by atoms with Crippen molar-refractivity contribution in [3.63, 3.8) is 0 Å². The fourth-order valence-corrected chi connectivity index (χ4v) is 0.330. The van der Waals surface area contributed by atoms with Crippen LogP contribution in [-0.2, 0) is 9.59 Å². The minimum Gasteiger partial charge on any atom is -1.00 e. The van der Waals surface area contributed by atoms with Crippen LogP contribution in [0.5, 0.6) is 0 Å². The Morgan fingerprint density at radius 3 is 2.00 bits per heavy atom. The molecule has 0 aliphatic heterocycles. The highest BCUT2D eigenvalue weighted by atomic mass is 79.9. The van der Waals surface area contributed by atoms with E-state index in [1.165, 1.54) is 0 Å². The number of hydrogen-bond acceptors (Lipinski definition) is 2. The van der Waals surface area contributed by atoms with Crippen LogP contribution < -0.4 is 28.4 Å². The molecule has 0 radical (unpaired) electrons. The summed E-state index contributed by atoms with van der Waals surface area (Å²) in [6.45, 7) is 0. The van der Waals surface area contributed by atoms with E-state index in [4.69, 9.17) is 5.11 Å². The van der Waals surface area contributed by atoms with Crippen LogP contribution in [0.2, 0.25) is 0 Å². The second kappa shape index (κ2) is 7.45. The Hall–Kier alpha value is -0.660. The fourth-order valence-electron chi connectivity index (χ4n) is 0.330. The molecular weight excluding hydrogens is 220 g/mol. The number of amides is 1. The van der Waals surface area contributed by atoms with Gasteiger partial charge in [0.2, 0.25) is 5.91 Å². The van der Waals surface area contributed by atoms with Crippen LogP contribution in [0.3, 0.4) is 0 Å². The third-order valence-corrected chi connectivity index (χ3v) is 0.797. The normalized spacial score (nSPS) is 10.3. The summed E-state index contributed by atoms with van der Waals surface area (Å²) in [6, 6.07) is -0.914. The highest BCUT2D eigenvalue weighted by Crippen LogP contribution is 1.81. The van der Waals surface area contributed by atoms with E-state index in [-0.39, 0.29) is 28.9 Å². The molecule has 1 amide bonds. The van der Waals surface area contributed by atoms with Gasteiger partial charge in [-0.2, -0.15) is 0 Å². The number of carbonyl (C=O) groups excluding carboxylic acids is 1. The Morgan fingerprint density at radius 1 is 1.55 bits per heavy atom. The van der Waals surface area contributed by atoms with Crippen LogP contribution in [0.15, 0.2) is 0 Å². The Kier molecular flexibility index (Phi) is 11.3. The summed E-state index contributed by atoms with van der Waals surface area (Å²) >= 11 is 0. The first-order valence-corrected chi connectivity index (χ1v) is 2.38. The van der Waals surface area contributed by atoms with E-state index >= 15 is 0 Å². The van der Waals surface area contributed by atoms with E-state index in [9.17, 15) is 9.59 Å². The molecule has 0 aliphatic rings. The SMILES string of the molecule is NC(=O)C[C@H]([NH3+])C(=O)O.O.[Br-]. The van der Waals surface area contributed by atoms with Gasteiger partial charge in [-0.1, -0.05) is 0 Å². The van der Waals surface area contributed by atoms with E-state index in [0.717, 1.165) is 0 Å². The molecule has 0 heterocycles. The molecule has 0 aromatic rings. The van der Waals surface area contributed by atoms with Gasteiger partial charge in [0.05, 0.1) is 6.42 Å². The van der Waals surface area contributed by atoms with Crippen molar-refractivity contribution in [3.8, 4) is 0 Å². The molecule has 0 fully saturated rings. The van der Waals surface area contributed by atoms with Gasteiger partial charge in [-0.05, 0) is 0 Å². The molecule has 0 rings (SSSR count). The second-order valence-corrected chi connectivity index (χ2v) is 1.71. The van der Waals surface area contributed by atoms with Crippen molar-refractivity contribution in [2.75, 3.05) is 0 Å². The minimum atomic E-state index is -1.10. The molecule has 0 saturated carbocycles. The molecule has 0 aromatic carbocycles. The largest absolute Gasteiger partial charge is 1.00 e. The number of halogens is 1. The molecule has 11 heavy (non-hydrogen) atoms. The van der Waals surface area contributed by atoms with Crippen molar-refractivity contribution in [2.45, 2.75) is 12.5 Å². The van der Waals surface area contributed by atoms with Crippen molar-refractivity contribution in [2.24, 2.45) is 5.73 Å². The maximum Gasteiger partial charge on any atom is 0.362 e. The number of carboxylic acid groups (broad SMARTS) is 1. The number of carboxylic acids is 1. The van der Waals surface area contributed by atoms with Gasteiger partial charge in [0.1, 0.15) is 0 Å². The lowest BCUT2D eigenvalue weighted by molar-refractivity contribution is -0.406. The smallest absolute Gasteiger partial charge is 0.362 e. The number of aliphatic carboxylic acids is 1. The third-order valence-electron chi connectivity index (χ3n) is 0.797. The lowest BCUT2D eigenvalue weighted by Gasteiger charge is -1.96. The topological polar surface area (TPSA) is 140 Å². The summed E-state index contributed by atoms with van der Waals surface area (Å²) in [7, 11) is 0. The number of nitrogens with two attached hydrogens (primary N) is 1. The van der Waals surface area contributed by atoms with Crippen molar-refractivity contribution < 1.29 is 42.9 Å². The van der Waals surface area contributed by atoms with Crippen LogP contribution in [0.4, 0.5) is 0 Å². The quantitative estimate of drug-likeness (QED) is 0.445. The molecule has 0 bridgehead atoms. The van der Waals surface area contributed by atoms with Gasteiger partial charge >= 0.3 is 5.97 Å². The second-order valence-electron chi connectivity index (χ2n) is 1.71.